The van der Waals surface area contributed by atoms with Crippen molar-refractivity contribution >= 4 is 34.1 Å². The summed E-state index contributed by atoms with van der Waals surface area (Å²) in [5.74, 6) is -0.607. The Morgan fingerprint density at radius 3 is 2.58 bits per heavy atom. The SMILES string of the molecule is O=C(Cc1csc(NC(=O)NC2CCCCC2)n1)Nc1ccc(F)cc1. The fourth-order valence-corrected chi connectivity index (χ4v) is 3.62. The maximum absolute atomic E-state index is 12.9. The van der Waals surface area contributed by atoms with Crippen LogP contribution in [-0.4, -0.2) is 23.0 Å². The Morgan fingerprint density at radius 1 is 1.12 bits per heavy atom. The summed E-state index contributed by atoms with van der Waals surface area (Å²) in [6, 6.07) is 5.53. The molecule has 1 aromatic heterocycles. The van der Waals surface area contributed by atoms with Crippen LogP contribution in [0, 0.1) is 5.82 Å². The van der Waals surface area contributed by atoms with Crippen LogP contribution in [0.25, 0.3) is 0 Å². The highest BCUT2D eigenvalue weighted by Gasteiger charge is 2.16. The summed E-state index contributed by atoms with van der Waals surface area (Å²) < 4.78 is 12.9. The summed E-state index contributed by atoms with van der Waals surface area (Å²) in [6.45, 7) is 0. The molecule has 0 atom stereocenters. The van der Waals surface area contributed by atoms with E-state index in [0.717, 1.165) is 25.7 Å². The summed E-state index contributed by atoms with van der Waals surface area (Å²) in [6.07, 6.45) is 5.64. The predicted octanol–water partition coefficient (Wildman–Crippen LogP) is 3.92. The van der Waals surface area contributed by atoms with Gasteiger partial charge in [0.25, 0.3) is 0 Å². The van der Waals surface area contributed by atoms with Crippen LogP contribution in [0.4, 0.5) is 20.0 Å². The number of nitrogens with zero attached hydrogens (tertiary/aromatic N) is 1. The van der Waals surface area contributed by atoms with E-state index in [0.29, 0.717) is 16.5 Å². The standard InChI is InChI=1S/C18H21FN4O2S/c19-12-6-8-14(9-7-12)20-16(24)10-15-11-26-18(22-15)23-17(25)21-13-4-2-1-3-5-13/h6-9,11,13H,1-5,10H2,(H,20,24)(H2,21,22,23,25). The molecule has 0 aliphatic heterocycles. The molecule has 138 valence electrons. The number of rotatable bonds is 5. The zero-order valence-electron chi connectivity index (χ0n) is 14.3. The van der Waals surface area contributed by atoms with Gasteiger partial charge in [0.15, 0.2) is 5.13 Å². The number of aromatic nitrogens is 1. The van der Waals surface area contributed by atoms with E-state index >= 15 is 0 Å². The Bertz CT molecular complexity index is 757. The number of urea groups is 1. The molecule has 0 unspecified atom stereocenters. The quantitative estimate of drug-likeness (QED) is 0.740. The monoisotopic (exact) mass is 376 g/mol. The smallest absolute Gasteiger partial charge is 0.321 e. The first-order valence-electron chi connectivity index (χ1n) is 8.66. The van der Waals surface area contributed by atoms with Crippen molar-refractivity contribution in [1.29, 1.82) is 0 Å². The lowest BCUT2D eigenvalue weighted by molar-refractivity contribution is -0.115. The normalized spacial score (nSPS) is 14.7. The molecule has 1 aromatic carbocycles. The van der Waals surface area contributed by atoms with E-state index < -0.39 is 0 Å². The Hall–Kier alpha value is -2.48. The fraction of sp³-hybridized carbons (Fsp3) is 0.389. The zero-order chi connectivity index (χ0) is 18.4. The molecular weight excluding hydrogens is 355 g/mol. The molecule has 1 saturated carbocycles. The minimum absolute atomic E-state index is 0.0831. The highest BCUT2D eigenvalue weighted by molar-refractivity contribution is 7.13. The van der Waals surface area contributed by atoms with Gasteiger partial charge in [0, 0.05) is 17.1 Å². The van der Waals surface area contributed by atoms with Crippen molar-refractivity contribution in [1.82, 2.24) is 10.3 Å². The molecule has 3 amide bonds. The first kappa shape index (κ1) is 18.3. The van der Waals surface area contributed by atoms with Crippen molar-refractivity contribution < 1.29 is 14.0 Å². The highest BCUT2D eigenvalue weighted by Crippen LogP contribution is 2.19. The van der Waals surface area contributed by atoms with Gasteiger partial charge in [0.2, 0.25) is 5.91 Å². The van der Waals surface area contributed by atoms with Crippen molar-refractivity contribution in [3.8, 4) is 0 Å². The molecule has 1 fully saturated rings. The number of benzene rings is 1. The Kier molecular flexibility index (Phi) is 6.17. The van der Waals surface area contributed by atoms with Crippen molar-refractivity contribution in [2.45, 2.75) is 44.6 Å². The molecule has 2 aromatic rings. The van der Waals surface area contributed by atoms with Crippen LogP contribution in [0.1, 0.15) is 37.8 Å². The maximum atomic E-state index is 12.9. The largest absolute Gasteiger partial charge is 0.335 e. The number of hydrogen-bond donors (Lipinski definition) is 3. The number of halogens is 1. The molecule has 6 nitrogen and oxygen atoms in total. The van der Waals surface area contributed by atoms with Gasteiger partial charge in [-0.15, -0.1) is 11.3 Å². The number of hydrogen-bond acceptors (Lipinski definition) is 4. The molecule has 3 N–H and O–H groups in total. The molecule has 1 aliphatic rings. The molecule has 26 heavy (non-hydrogen) atoms. The van der Waals surface area contributed by atoms with Gasteiger partial charge in [0.1, 0.15) is 5.82 Å². The third-order valence-electron chi connectivity index (χ3n) is 4.18. The van der Waals surface area contributed by atoms with Gasteiger partial charge in [-0.1, -0.05) is 19.3 Å². The number of thiazole rings is 1. The molecule has 3 rings (SSSR count). The lowest BCUT2D eigenvalue weighted by atomic mass is 9.96. The van der Waals surface area contributed by atoms with Gasteiger partial charge in [-0.25, -0.2) is 14.2 Å². The number of amides is 3. The lowest BCUT2D eigenvalue weighted by Crippen LogP contribution is -2.39. The second-order valence-corrected chi connectivity index (χ2v) is 7.17. The Morgan fingerprint density at radius 2 is 1.85 bits per heavy atom. The van der Waals surface area contributed by atoms with Gasteiger partial charge in [0.05, 0.1) is 12.1 Å². The summed E-state index contributed by atoms with van der Waals surface area (Å²) in [5.41, 5.74) is 1.10. The van der Waals surface area contributed by atoms with Gasteiger partial charge >= 0.3 is 6.03 Å². The summed E-state index contributed by atoms with van der Waals surface area (Å²) >= 11 is 1.28. The van der Waals surface area contributed by atoms with E-state index in [1.165, 1.54) is 42.0 Å². The van der Waals surface area contributed by atoms with E-state index in [2.05, 4.69) is 20.9 Å². The highest BCUT2D eigenvalue weighted by atomic mass is 32.1. The summed E-state index contributed by atoms with van der Waals surface area (Å²) in [5, 5.41) is 10.6. The van der Waals surface area contributed by atoms with Crippen LogP contribution >= 0.6 is 11.3 Å². The van der Waals surface area contributed by atoms with E-state index in [1.54, 1.807) is 5.38 Å². The number of carbonyl (C=O) groups excluding carboxylic acids is 2. The lowest BCUT2D eigenvalue weighted by Gasteiger charge is -2.22. The summed E-state index contributed by atoms with van der Waals surface area (Å²) in [4.78, 5) is 28.3. The first-order chi connectivity index (χ1) is 12.6. The third kappa shape index (κ3) is 5.52. The third-order valence-corrected chi connectivity index (χ3v) is 4.99. The number of nitrogens with one attached hydrogen (secondary N) is 3. The van der Waals surface area contributed by atoms with Gasteiger partial charge in [-0.05, 0) is 37.1 Å². The van der Waals surface area contributed by atoms with Crippen LogP contribution in [0.3, 0.4) is 0 Å². The van der Waals surface area contributed by atoms with Gasteiger partial charge < -0.3 is 10.6 Å². The van der Waals surface area contributed by atoms with E-state index in [1.807, 2.05) is 0 Å². The van der Waals surface area contributed by atoms with Gasteiger partial charge in [-0.3, -0.25) is 10.1 Å². The van der Waals surface area contributed by atoms with Crippen molar-refractivity contribution in [3.05, 3.63) is 41.2 Å². The number of anilines is 2. The average Bonchev–Trinajstić information content (AvgIpc) is 3.04. The van der Waals surface area contributed by atoms with E-state index in [9.17, 15) is 14.0 Å². The molecule has 0 spiro atoms. The second-order valence-electron chi connectivity index (χ2n) is 6.31. The molecule has 0 bridgehead atoms. The van der Waals surface area contributed by atoms with Gasteiger partial charge in [-0.2, -0.15) is 0 Å². The fourth-order valence-electron chi connectivity index (χ4n) is 2.91. The predicted molar refractivity (Wildman–Crippen MR) is 99.9 cm³/mol. The minimum atomic E-state index is -0.357. The van der Waals surface area contributed by atoms with Crippen LogP contribution in [0.2, 0.25) is 0 Å². The van der Waals surface area contributed by atoms with Crippen molar-refractivity contribution in [3.63, 3.8) is 0 Å². The first-order valence-corrected chi connectivity index (χ1v) is 9.54. The second kappa shape index (κ2) is 8.75. The van der Waals surface area contributed by atoms with Crippen LogP contribution in [0.5, 0.6) is 0 Å². The molecule has 8 heteroatoms. The molecule has 1 heterocycles. The average molecular weight is 376 g/mol. The molecule has 0 saturated heterocycles. The Balaban J connectivity index is 1.46. The van der Waals surface area contributed by atoms with Crippen LogP contribution in [0.15, 0.2) is 29.6 Å². The summed E-state index contributed by atoms with van der Waals surface area (Å²) in [7, 11) is 0. The maximum Gasteiger partial charge on any atom is 0.321 e. The van der Waals surface area contributed by atoms with E-state index in [4.69, 9.17) is 0 Å². The minimum Gasteiger partial charge on any atom is -0.335 e. The van der Waals surface area contributed by atoms with Crippen LogP contribution in [-0.2, 0) is 11.2 Å². The van der Waals surface area contributed by atoms with Crippen molar-refractivity contribution in [2.24, 2.45) is 0 Å². The van der Waals surface area contributed by atoms with E-state index in [-0.39, 0.29) is 30.2 Å². The number of carbonyl (C=O) groups is 2. The molecule has 1 aliphatic carbocycles. The molecule has 0 radical (unpaired) electrons. The van der Waals surface area contributed by atoms with Crippen LogP contribution < -0.4 is 16.0 Å². The molecular formula is C18H21FN4O2S. The Labute approximate surface area is 155 Å². The van der Waals surface area contributed by atoms with Crippen molar-refractivity contribution in [2.75, 3.05) is 10.6 Å². The topological polar surface area (TPSA) is 83.1 Å². The zero-order valence-corrected chi connectivity index (χ0v) is 15.1.